The largest absolute Gasteiger partial charge is 0.494 e. The second-order valence-corrected chi connectivity index (χ2v) is 40.8. The molecule has 5 N–H and O–H groups in total. The number of carbonyl (C=O) groups is 3. The molecule has 0 radical (unpaired) electrons. The number of nitrogen functional groups attached to an aromatic ring is 1. The Labute approximate surface area is 546 Å². The van der Waals surface area contributed by atoms with Gasteiger partial charge < -0.3 is 50.0 Å². The van der Waals surface area contributed by atoms with Crippen molar-refractivity contribution < 1.29 is 56.7 Å². The molecule has 6 aromatic rings. The molecule has 0 spiro atoms. The quantitative estimate of drug-likeness (QED) is 0.0130. The number of ketones is 1. The summed E-state index contributed by atoms with van der Waals surface area (Å²) in [5, 5.41) is 33.9. The highest BCUT2D eigenvalue weighted by Crippen LogP contribution is 2.48. The van der Waals surface area contributed by atoms with Crippen molar-refractivity contribution in [3.05, 3.63) is 89.5 Å². The van der Waals surface area contributed by atoms with E-state index in [-0.39, 0.29) is 49.3 Å². The van der Waals surface area contributed by atoms with Crippen molar-refractivity contribution in [2.45, 2.75) is 224 Å². The van der Waals surface area contributed by atoms with Crippen molar-refractivity contribution in [3.63, 3.8) is 0 Å². The second-order valence-electron chi connectivity index (χ2n) is 29.6. The minimum Gasteiger partial charge on any atom is -0.494 e. The lowest BCUT2D eigenvalue weighted by atomic mass is 9.85. The number of pyridine rings is 2. The average molecular weight is 1330 g/mol. The zero-order valence-electron chi connectivity index (χ0n) is 56.9. The monoisotopic (exact) mass is 1330 g/mol. The Kier molecular flexibility index (Phi) is 22.3. The summed E-state index contributed by atoms with van der Waals surface area (Å²) in [6, 6.07) is 10.6. The number of halogens is 3. The Hall–Kier alpha value is -6.69. The summed E-state index contributed by atoms with van der Waals surface area (Å²) in [7, 11) is -2.70. The second kappa shape index (κ2) is 28.7. The lowest BCUT2D eigenvalue weighted by molar-refractivity contribution is -0.156. The van der Waals surface area contributed by atoms with Gasteiger partial charge in [-0.3, -0.25) is 19.6 Å². The van der Waals surface area contributed by atoms with Crippen LogP contribution in [0, 0.1) is 0 Å². The number of aromatic nitrogens is 8. The molecule has 21 nitrogen and oxygen atoms in total. The first-order valence-electron chi connectivity index (χ1n) is 32.4. The standard InChI is InChI=1S/C42H68N6O6Si2.C23H28N6O2.C2HF3O/c1-14-53-29(2)36-37(31-23-32-16-17-33(24-31)47(32)40(49)54-41(3,4)5)45-38-34(30-15-18-35(43-25-30)42(6,7)50)26-44-48(38)39(36)46(27-51-19-21-55(8,9)10)28-52-20-22-56(11,12)13;1-12(30)19-20(14-8-15-5-6-16(9-14)27-15)28-22-17(11-26-29(22)21(19)24)13-4-7-18(25-10-13)23(2,3)31;3-2(4,5)1-6/h15,18,25-26,31-33,50H,2,14,16-17,19-24,27-28H2,1,3-13H3;4,7,10-11,14-16,27,31H,5-6,8-9,24H2,1-3H3;1H/t31?,32-,33+;14?,15-,16+;. The first-order chi connectivity index (χ1) is 43.3. The van der Waals surface area contributed by atoms with Crippen LogP contribution in [0.15, 0.2) is 55.6 Å². The molecule has 4 bridgehead atoms. The van der Waals surface area contributed by atoms with Crippen molar-refractivity contribution in [1.82, 2.24) is 49.4 Å². The van der Waals surface area contributed by atoms with E-state index >= 15 is 0 Å². The topological polar surface area (TPSA) is 259 Å². The molecule has 6 atom stereocenters. The number of aldehydes is 1. The molecule has 10 rings (SSSR count). The van der Waals surface area contributed by atoms with E-state index in [1.165, 1.54) is 12.8 Å². The number of carbonyl (C=O) groups excluding carboxylic acids is 3. The molecule has 2 unspecified atom stereocenters. The molecule has 4 aliphatic heterocycles. The third-order valence-electron chi connectivity index (χ3n) is 17.2. The highest BCUT2D eigenvalue weighted by molar-refractivity contribution is 6.76. The normalized spacial score (nSPS) is 20.0. The molecule has 1 amide bonds. The third-order valence-corrected chi connectivity index (χ3v) is 20.6. The van der Waals surface area contributed by atoms with Crippen LogP contribution >= 0.6 is 0 Å². The third kappa shape index (κ3) is 18.2. The Bertz CT molecular complexity index is 3560. The van der Waals surface area contributed by atoms with Crippen LogP contribution in [0.2, 0.25) is 51.4 Å². The summed E-state index contributed by atoms with van der Waals surface area (Å²) in [4.78, 5) is 58.4. The van der Waals surface area contributed by atoms with Crippen LogP contribution in [0.1, 0.15) is 164 Å². The molecule has 0 aliphatic carbocycles. The number of rotatable bonds is 21. The first-order valence-corrected chi connectivity index (χ1v) is 39.8. The van der Waals surface area contributed by atoms with Gasteiger partial charge in [0.15, 0.2) is 17.1 Å². The molecule has 93 heavy (non-hydrogen) atoms. The fourth-order valence-electron chi connectivity index (χ4n) is 12.6. The number of amides is 1. The molecule has 26 heteroatoms. The van der Waals surface area contributed by atoms with Gasteiger partial charge in [0.1, 0.15) is 47.7 Å². The molecule has 0 saturated carbocycles. The van der Waals surface area contributed by atoms with Crippen LogP contribution in [-0.4, -0.2) is 158 Å². The molecule has 4 aliphatic rings. The number of hydrogen-bond acceptors (Lipinski definition) is 18. The molecular weight excluding hydrogens is 1230 g/mol. The fraction of sp³-hybridized carbons (Fsp3) is 0.597. The van der Waals surface area contributed by atoms with Gasteiger partial charge in [0.05, 0.1) is 52.9 Å². The molecule has 4 fully saturated rings. The zero-order valence-corrected chi connectivity index (χ0v) is 58.9. The maximum Gasteiger partial charge on any atom is 0.446 e. The number of piperidine rings is 2. The molecule has 6 aromatic heterocycles. The van der Waals surface area contributed by atoms with Crippen molar-refractivity contribution in [1.29, 1.82) is 0 Å². The summed E-state index contributed by atoms with van der Waals surface area (Å²) in [6.45, 7) is 37.0. The van der Waals surface area contributed by atoms with Gasteiger partial charge in [0, 0.05) is 100 Å². The van der Waals surface area contributed by atoms with Gasteiger partial charge in [-0.25, -0.2) is 14.8 Å². The summed E-state index contributed by atoms with van der Waals surface area (Å²) >= 11 is 0. The summed E-state index contributed by atoms with van der Waals surface area (Å²) in [5.41, 5.74) is 12.4. The highest BCUT2D eigenvalue weighted by atomic mass is 28.3. The number of ether oxygens (including phenoxy) is 4. The molecule has 508 valence electrons. The maximum absolute atomic E-state index is 13.5. The Morgan fingerprint density at radius 1 is 0.720 bits per heavy atom. The Morgan fingerprint density at radius 2 is 1.17 bits per heavy atom. The van der Waals surface area contributed by atoms with E-state index in [4.69, 9.17) is 44.5 Å². The van der Waals surface area contributed by atoms with Crippen LogP contribution in [0.5, 0.6) is 0 Å². The minimum atomic E-state index is -4.64. The van der Waals surface area contributed by atoms with E-state index in [1.807, 2.05) is 61.5 Å². The maximum atomic E-state index is 13.5. The van der Waals surface area contributed by atoms with Gasteiger partial charge in [-0.1, -0.05) is 58.0 Å². The number of hydrogen-bond donors (Lipinski definition) is 4. The lowest BCUT2D eigenvalue weighted by Gasteiger charge is -2.40. The van der Waals surface area contributed by atoms with E-state index in [0.717, 1.165) is 95.6 Å². The van der Waals surface area contributed by atoms with Gasteiger partial charge in [0.2, 0.25) is 6.29 Å². The molecule has 4 saturated heterocycles. The lowest BCUT2D eigenvalue weighted by Crippen LogP contribution is -2.48. The zero-order chi connectivity index (χ0) is 68.3. The smallest absolute Gasteiger partial charge is 0.446 e. The number of nitrogens with zero attached hydrogens (tertiary/aromatic N) is 10. The van der Waals surface area contributed by atoms with E-state index in [0.29, 0.717) is 71.7 Å². The molecule has 0 aromatic carbocycles. The highest BCUT2D eigenvalue weighted by Gasteiger charge is 2.47. The van der Waals surface area contributed by atoms with Gasteiger partial charge in [0.25, 0.3) is 0 Å². The van der Waals surface area contributed by atoms with E-state index in [1.54, 1.807) is 63.8 Å². The van der Waals surface area contributed by atoms with E-state index in [2.05, 4.69) is 71.1 Å². The van der Waals surface area contributed by atoms with Crippen LogP contribution in [0.25, 0.3) is 39.3 Å². The van der Waals surface area contributed by atoms with E-state index in [9.17, 15) is 33.0 Å². The van der Waals surface area contributed by atoms with Crippen molar-refractivity contribution in [3.8, 4) is 22.3 Å². The van der Waals surface area contributed by atoms with Crippen LogP contribution < -0.4 is 16.0 Å². The first kappa shape index (κ1) is 72.1. The van der Waals surface area contributed by atoms with Gasteiger partial charge in [-0.15, -0.1) is 0 Å². The van der Waals surface area contributed by atoms with Gasteiger partial charge in [-0.2, -0.15) is 32.4 Å². The van der Waals surface area contributed by atoms with E-state index < -0.39 is 45.4 Å². The van der Waals surface area contributed by atoms with Crippen LogP contribution in [-0.2, 0) is 34.9 Å². The SMILES string of the molecule is C=C(OCC)c1c(C2C[C@H]3CC[C@@H](C2)N3C(=O)OC(C)(C)C)nc2c(-c3ccc(C(C)(C)O)nc3)cnn2c1N(COCC[Si](C)(C)C)COCC[Si](C)(C)C.CC(=O)c1c(C2C[C@H]3CC[C@@H](C2)N3)nc2c(-c3ccc(C(C)(C)O)nc3)cnn2c1N.O=CC(F)(F)F. The Balaban J connectivity index is 0.000000249. The predicted molar refractivity (Wildman–Crippen MR) is 359 cm³/mol. The number of nitrogens with two attached hydrogens (primary N) is 1. The van der Waals surface area contributed by atoms with Crippen LogP contribution in [0.3, 0.4) is 0 Å². The average Bonchev–Trinajstić information content (AvgIpc) is 1.69. The number of aliphatic hydroxyl groups is 2. The number of alkyl halides is 3. The number of anilines is 2. The molecule has 10 heterocycles. The number of fused-ring (bicyclic) bond motifs is 6. The fourth-order valence-corrected chi connectivity index (χ4v) is 14.1. The van der Waals surface area contributed by atoms with Gasteiger partial charge in [-0.05, 0) is 138 Å². The minimum absolute atomic E-state index is 0.00282. The number of Topliss-reactive ketones (excluding diaryl/α,β-unsaturated/α-hetero) is 1. The summed E-state index contributed by atoms with van der Waals surface area (Å²) in [5.74, 6) is 1.72. The van der Waals surface area contributed by atoms with Gasteiger partial charge >= 0.3 is 12.3 Å². The number of nitrogens with one attached hydrogen (secondary N) is 1. The summed E-state index contributed by atoms with van der Waals surface area (Å²) < 4.78 is 59.8. The van der Waals surface area contributed by atoms with Crippen molar-refractivity contribution in [2.75, 3.05) is 43.9 Å². The van der Waals surface area contributed by atoms with Crippen molar-refractivity contribution in [2.24, 2.45) is 0 Å². The predicted octanol–water partition coefficient (Wildman–Crippen LogP) is 12.7. The molecular formula is C67H97F3N12O9Si2. The Morgan fingerprint density at radius 3 is 1.58 bits per heavy atom. The van der Waals surface area contributed by atoms with Crippen molar-refractivity contribution >= 4 is 63.0 Å². The summed E-state index contributed by atoms with van der Waals surface area (Å²) in [6.07, 6.45) is 8.63. The van der Waals surface area contributed by atoms with Crippen LogP contribution in [0.4, 0.5) is 29.6 Å².